The van der Waals surface area contributed by atoms with Crippen LogP contribution in [0.25, 0.3) is 5.65 Å². The van der Waals surface area contributed by atoms with Crippen molar-refractivity contribution in [3.05, 3.63) is 59.5 Å². The monoisotopic (exact) mass is 405 g/mol. The summed E-state index contributed by atoms with van der Waals surface area (Å²) in [6, 6.07) is 10.2. The molecule has 0 unspecified atom stereocenters. The Kier molecular flexibility index (Phi) is 5.28. The smallest absolute Gasteiger partial charge is 0.256 e. The Hall–Kier alpha value is -3.22. The molecule has 1 N–H and O–H groups in total. The van der Waals surface area contributed by atoms with Gasteiger partial charge in [-0.15, -0.1) is 0 Å². The topological polar surface area (TPSA) is 79.6 Å². The van der Waals surface area contributed by atoms with E-state index in [1.165, 1.54) is 0 Å². The van der Waals surface area contributed by atoms with Crippen LogP contribution in [0.5, 0.6) is 0 Å². The van der Waals surface area contributed by atoms with Gasteiger partial charge in [0.15, 0.2) is 11.4 Å². The normalized spacial score (nSPS) is 15.1. The molecule has 7 nitrogen and oxygen atoms in total. The third kappa shape index (κ3) is 3.92. The van der Waals surface area contributed by atoms with Crippen molar-refractivity contribution in [3.63, 3.8) is 0 Å². The van der Waals surface area contributed by atoms with Gasteiger partial charge < -0.3 is 10.2 Å². The first-order chi connectivity index (χ1) is 14.4. The zero-order chi connectivity index (χ0) is 21.3. The minimum absolute atomic E-state index is 0.0830. The molecule has 0 spiro atoms. The van der Waals surface area contributed by atoms with Gasteiger partial charge in [0.2, 0.25) is 0 Å². The summed E-state index contributed by atoms with van der Waals surface area (Å²) in [4.78, 5) is 31.7. The number of benzene rings is 1. The molecule has 0 saturated heterocycles. The molecule has 1 aromatic carbocycles. The molecule has 3 aromatic rings. The lowest BCUT2D eigenvalue weighted by molar-refractivity contribution is 0.0907. The number of nitrogens with zero attached hydrogens (tertiary/aromatic N) is 4. The fourth-order valence-corrected chi connectivity index (χ4v) is 4.01. The molecule has 0 radical (unpaired) electrons. The second-order valence-corrected chi connectivity index (χ2v) is 8.72. The number of amides is 1. The summed E-state index contributed by atoms with van der Waals surface area (Å²) >= 11 is 0. The van der Waals surface area contributed by atoms with E-state index < -0.39 is 0 Å². The van der Waals surface area contributed by atoms with E-state index in [2.05, 4.69) is 46.3 Å². The maximum atomic E-state index is 12.7. The van der Waals surface area contributed by atoms with Gasteiger partial charge in [-0.1, -0.05) is 32.0 Å². The molecule has 2 heterocycles. The quantitative estimate of drug-likeness (QED) is 0.638. The largest absolute Gasteiger partial charge is 0.375 e. The molecule has 0 bridgehead atoms. The van der Waals surface area contributed by atoms with Crippen LogP contribution in [0.4, 0.5) is 5.69 Å². The Morgan fingerprint density at radius 1 is 1.20 bits per heavy atom. The number of para-hydroxylation sites is 1. The van der Waals surface area contributed by atoms with E-state index in [1.54, 1.807) is 16.9 Å². The number of aromatic nitrogens is 3. The molecule has 0 aliphatic heterocycles. The van der Waals surface area contributed by atoms with Crippen LogP contribution in [0.3, 0.4) is 0 Å². The Labute approximate surface area is 176 Å². The van der Waals surface area contributed by atoms with E-state index in [9.17, 15) is 9.59 Å². The standard InChI is InChI=1S/C23H27N5O2/c1-23(2)12-19-17(20(29)13-23)14-25-21-18(15-26-28(19)21)22(30)24-10-7-11-27(3)16-8-5-4-6-9-16/h4-6,8-9,14-15H,7,10-13H2,1-3H3,(H,24,30). The minimum Gasteiger partial charge on any atom is -0.375 e. The molecule has 30 heavy (non-hydrogen) atoms. The van der Waals surface area contributed by atoms with Gasteiger partial charge in [-0.3, -0.25) is 9.59 Å². The maximum Gasteiger partial charge on any atom is 0.256 e. The van der Waals surface area contributed by atoms with Crippen LogP contribution in [0.1, 0.15) is 53.1 Å². The molecule has 4 rings (SSSR count). The molecule has 0 fully saturated rings. The zero-order valence-corrected chi connectivity index (χ0v) is 17.7. The summed E-state index contributed by atoms with van der Waals surface area (Å²) in [6.45, 7) is 5.54. The van der Waals surface area contributed by atoms with Crippen LogP contribution in [-0.2, 0) is 6.42 Å². The number of hydrogen-bond donors (Lipinski definition) is 1. The first-order valence-corrected chi connectivity index (χ1v) is 10.3. The number of ketones is 1. The Balaban J connectivity index is 1.43. The van der Waals surface area contributed by atoms with E-state index in [1.807, 2.05) is 25.2 Å². The lowest BCUT2D eigenvalue weighted by atomic mass is 9.76. The summed E-state index contributed by atoms with van der Waals surface area (Å²) in [5.74, 6) is -0.110. The van der Waals surface area contributed by atoms with Gasteiger partial charge in [-0.25, -0.2) is 9.50 Å². The molecule has 1 aliphatic rings. The van der Waals surface area contributed by atoms with Crippen molar-refractivity contribution in [2.24, 2.45) is 5.41 Å². The average Bonchev–Trinajstić information content (AvgIpc) is 3.15. The van der Waals surface area contributed by atoms with Crippen LogP contribution in [0.15, 0.2) is 42.7 Å². The molecule has 2 aromatic heterocycles. The second-order valence-electron chi connectivity index (χ2n) is 8.72. The van der Waals surface area contributed by atoms with Crippen molar-refractivity contribution >= 4 is 23.0 Å². The number of carbonyl (C=O) groups is 2. The van der Waals surface area contributed by atoms with Gasteiger partial charge in [0.05, 0.1) is 17.5 Å². The molecule has 1 amide bonds. The lowest BCUT2D eigenvalue weighted by Crippen LogP contribution is -2.30. The Bertz CT molecular complexity index is 1090. The zero-order valence-electron chi connectivity index (χ0n) is 17.7. The summed E-state index contributed by atoms with van der Waals surface area (Å²) in [6.07, 6.45) is 5.18. The lowest BCUT2D eigenvalue weighted by Gasteiger charge is -2.29. The van der Waals surface area contributed by atoms with E-state index >= 15 is 0 Å². The number of carbonyl (C=O) groups excluding carboxylic acids is 2. The van der Waals surface area contributed by atoms with E-state index in [0.717, 1.165) is 30.8 Å². The SMILES string of the molecule is CN(CCCNC(=O)c1cnn2c3c(cnc12)C(=O)CC(C)(C)C3)c1ccccc1. The molecule has 0 saturated carbocycles. The van der Waals surface area contributed by atoms with Crippen LogP contribution in [0, 0.1) is 5.41 Å². The average molecular weight is 406 g/mol. The highest BCUT2D eigenvalue weighted by Crippen LogP contribution is 2.34. The summed E-state index contributed by atoms with van der Waals surface area (Å²) < 4.78 is 1.66. The summed E-state index contributed by atoms with van der Waals surface area (Å²) in [7, 11) is 2.04. The highest BCUT2D eigenvalue weighted by atomic mass is 16.1. The van der Waals surface area contributed by atoms with Crippen LogP contribution >= 0.6 is 0 Å². The van der Waals surface area contributed by atoms with E-state index in [-0.39, 0.29) is 17.1 Å². The highest BCUT2D eigenvalue weighted by Gasteiger charge is 2.33. The predicted octanol–water partition coefficient (Wildman–Crippen LogP) is 3.14. The molecule has 156 valence electrons. The minimum atomic E-state index is -0.193. The van der Waals surface area contributed by atoms with Gasteiger partial charge in [0, 0.05) is 38.4 Å². The van der Waals surface area contributed by atoms with Gasteiger partial charge in [0.1, 0.15) is 5.56 Å². The fraction of sp³-hybridized carbons (Fsp3) is 0.391. The highest BCUT2D eigenvalue weighted by molar-refractivity contribution is 6.01. The van der Waals surface area contributed by atoms with Crippen molar-refractivity contribution in [1.29, 1.82) is 0 Å². The van der Waals surface area contributed by atoms with Crippen LogP contribution < -0.4 is 10.2 Å². The first-order valence-electron chi connectivity index (χ1n) is 10.3. The van der Waals surface area contributed by atoms with Crippen LogP contribution in [0.2, 0.25) is 0 Å². The number of anilines is 1. The molecular weight excluding hydrogens is 378 g/mol. The Morgan fingerprint density at radius 2 is 1.97 bits per heavy atom. The number of nitrogens with one attached hydrogen (secondary N) is 1. The van der Waals surface area contributed by atoms with E-state index in [4.69, 9.17) is 0 Å². The third-order valence-corrected chi connectivity index (χ3v) is 5.61. The summed E-state index contributed by atoms with van der Waals surface area (Å²) in [5, 5.41) is 7.35. The number of hydrogen-bond acceptors (Lipinski definition) is 5. The summed E-state index contributed by atoms with van der Waals surface area (Å²) in [5.41, 5.74) is 3.41. The predicted molar refractivity (Wildman–Crippen MR) is 116 cm³/mol. The van der Waals surface area contributed by atoms with Gasteiger partial charge in [-0.2, -0.15) is 5.10 Å². The van der Waals surface area contributed by atoms with Crippen LogP contribution in [-0.4, -0.2) is 46.4 Å². The Morgan fingerprint density at radius 3 is 2.73 bits per heavy atom. The van der Waals surface area contributed by atoms with Crippen molar-refractivity contribution in [1.82, 2.24) is 19.9 Å². The van der Waals surface area contributed by atoms with E-state index in [0.29, 0.717) is 29.7 Å². The van der Waals surface area contributed by atoms with Gasteiger partial charge in [0.25, 0.3) is 5.91 Å². The van der Waals surface area contributed by atoms with Crippen molar-refractivity contribution in [2.75, 3.05) is 25.0 Å². The first kappa shape index (κ1) is 20.1. The third-order valence-electron chi connectivity index (χ3n) is 5.61. The van der Waals surface area contributed by atoms with Crippen molar-refractivity contribution in [3.8, 4) is 0 Å². The number of rotatable bonds is 6. The molecular formula is C23H27N5O2. The molecule has 0 atom stereocenters. The van der Waals surface area contributed by atoms with Gasteiger partial charge in [-0.05, 0) is 30.4 Å². The number of Topliss-reactive ketones (excluding diaryl/α,β-unsaturated/α-hetero) is 1. The molecule has 1 aliphatic carbocycles. The molecule has 7 heteroatoms. The van der Waals surface area contributed by atoms with Crippen molar-refractivity contribution in [2.45, 2.75) is 33.1 Å². The fourth-order valence-electron chi connectivity index (χ4n) is 4.01. The maximum absolute atomic E-state index is 12.7. The second kappa shape index (κ2) is 7.89. The van der Waals surface area contributed by atoms with Gasteiger partial charge >= 0.3 is 0 Å². The van der Waals surface area contributed by atoms with Crippen molar-refractivity contribution < 1.29 is 9.59 Å². The number of fused-ring (bicyclic) bond motifs is 3.